The van der Waals surface area contributed by atoms with Crippen LogP contribution in [0.3, 0.4) is 0 Å². The van der Waals surface area contributed by atoms with Gasteiger partial charge in [-0.1, -0.05) is 6.07 Å². The summed E-state index contributed by atoms with van der Waals surface area (Å²) in [5.74, 6) is 0.521. The number of thioether (sulfide) groups is 1. The second-order valence-corrected chi connectivity index (χ2v) is 4.98. The predicted octanol–water partition coefficient (Wildman–Crippen LogP) is 4.68. The van der Waals surface area contributed by atoms with Crippen LogP contribution >= 0.6 is 11.8 Å². The van der Waals surface area contributed by atoms with E-state index in [1.165, 1.54) is 18.2 Å². The number of carbonyl (C=O) groups excluding carboxylic acids is 1. The molecule has 2 rings (SSSR count). The van der Waals surface area contributed by atoms with E-state index in [4.69, 9.17) is 4.42 Å². The van der Waals surface area contributed by atoms with Gasteiger partial charge in [0.25, 0.3) is 0 Å². The summed E-state index contributed by atoms with van der Waals surface area (Å²) in [4.78, 5) is 10.6. The van der Waals surface area contributed by atoms with E-state index in [1.54, 1.807) is 19.1 Å². The van der Waals surface area contributed by atoms with Gasteiger partial charge in [0.2, 0.25) is 0 Å². The van der Waals surface area contributed by atoms with Crippen molar-refractivity contribution >= 4 is 18.0 Å². The zero-order valence-electron chi connectivity index (χ0n) is 9.82. The Kier molecular flexibility index (Phi) is 3.71. The van der Waals surface area contributed by atoms with Gasteiger partial charge in [-0.15, -0.1) is 0 Å². The highest BCUT2D eigenvalue weighted by Crippen LogP contribution is 2.39. The Morgan fingerprint density at radius 1 is 1.21 bits per heavy atom. The lowest BCUT2D eigenvalue weighted by atomic mass is 10.1. The van der Waals surface area contributed by atoms with E-state index in [0.29, 0.717) is 17.6 Å². The average molecular weight is 286 g/mol. The molecule has 1 aromatic heterocycles. The number of hydrogen-bond acceptors (Lipinski definition) is 3. The average Bonchev–Trinajstić information content (AvgIpc) is 2.78. The molecule has 0 atom stereocenters. The molecule has 0 radical (unpaired) electrons. The Bertz CT molecular complexity index is 602. The van der Waals surface area contributed by atoms with Crippen molar-refractivity contribution in [1.29, 1.82) is 0 Å². The molecule has 1 heterocycles. The third kappa shape index (κ3) is 3.41. The molecule has 0 spiro atoms. The van der Waals surface area contributed by atoms with Crippen LogP contribution in [0.25, 0.3) is 11.3 Å². The Morgan fingerprint density at radius 2 is 1.95 bits per heavy atom. The highest BCUT2D eigenvalue weighted by Gasteiger charge is 2.29. The fourth-order valence-electron chi connectivity index (χ4n) is 1.62. The largest absolute Gasteiger partial charge is 0.453 e. The van der Waals surface area contributed by atoms with Crippen molar-refractivity contribution in [2.24, 2.45) is 0 Å². The molecule has 0 saturated carbocycles. The first kappa shape index (κ1) is 13.7. The first-order chi connectivity index (χ1) is 8.89. The smallest absolute Gasteiger partial charge is 0.446 e. The number of halogens is 3. The van der Waals surface area contributed by atoms with Gasteiger partial charge >= 0.3 is 5.51 Å². The molecule has 0 unspecified atom stereocenters. The van der Waals surface area contributed by atoms with Crippen LogP contribution < -0.4 is 0 Å². The van der Waals surface area contributed by atoms with Crippen LogP contribution in [0.2, 0.25) is 0 Å². The standard InChI is InChI=1S/C13H9F3O2S/c1-8-2-4-10(19-13(14,15)16)6-11(8)12-5-3-9(7-17)18-12/h2-7H,1H3. The molecule has 0 aliphatic heterocycles. The molecule has 6 heteroatoms. The number of carbonyl (C=O) groups is 1. The molecule has 2 aromatic rings. The monoisotopic (exact) mass is 286 g/mol. The van der Waals surface area contributed by atoms with Gasteiger partial charge in [-0.3, -0.25) is 4.79 Å². The maximum atomic E-state index is 12.3. The molecule has 2 nitrogen and oxygen atoms in total. The Labute approximate surface area is 111 Å². The van der Waals surface area contributed by atoms with E-state index in [1.807, 2.05) is 0 Å². The minimum Gasteiger partial charge on any atom is -0.453 e. The highest BCUT2D eigenvalue weighted by atomic mass is 32.2. The van der Waals surface area contributed by atoms with E-state index >= 15 is 0 Å². The first-order valence-corrected chi connectivity index (χ1v) is 6.12. The summed E-state index contributed by atoms with van der Waals surface area (Å²) in [6, 6.07) is 7.44. The van der Waals surface area contributed by atoms with Gasteiger partial charge in [0.15, 0.2) is 12.0 Å². The SMILES string of the molecule is Cc1ccc(SC(F)(F)F)cc1-c1ccc(C=O)o1. The summed E-state index contributed by atoms with van der Waals surface area (Å²) in [7, 11) is 0. The molecule has 19 heavy (non-hydrogen) atoms. The van der Waals surface area contributed by atoms with Crippen LogP contribution in [-0.4, -0.2) is 11.8 Å². The second kappa shape index (κ2) is 5.13. The lowest BCUT2D eigenvalue weighted by molar-refractivity contribution is -0.0328. The van der Waals surface area contributed by atoms with Crippen molar-refractivity contribution in [2.45, 2.75) is 17.3 Å². The molecule has 0 aliphatic rings. The number of aldehydes is 1. The molecular formula is C13H9F3O2S. The molecule has 0 bridgehead atoms. The number of benzene rings is 1. The zero-order valence-corrected chi connectivity index (χ0v) is 10.6. The van der Waals surface area contributed by atoms with E-state index in [9.17, 15) is 18.0 Å². The Balaban J connectivity index is 2.39. The van der Waals surface area contributed by atoms with Gasteiger partial charge in [0, 0.05) is 10.5 Å². The van der Waals surface area contributed by atoms with Crippen molar-refractivity contribution in [3.05, 3.63) is 41.7 Å². The predicted molar refractivity (Wildman–Crippen MR) is 66.2 cm³/mol. The summed E-state index contributed by atoms with van der Waals surface area (Å²) >= 11 is -0.180. The second-order valence-electron chi connectivity index (χ2n) is 3.84. The number of hydrogen-bond donors (Lipinski definition) is 0. The van der Waals surface area contributed by atoms with E-state index < -0.39 is 5.51 Å². The van der Waals surface area contributed by atoms with Crippen LogP contribution in [0.15, 0.2) is 39.6 Å². The lowest BCUT2D eigenvalue weighted by Crippen LogP contribution is -1.99. The van der Waals surface area contributed by atoms with Crippen LogP contribution in [0.1, 0.15) is 16.1 Å². The molecule has 0 amide bonds. The lowest BCUT2D eigenvalue weighted by Gasteiger charge is -2.08. The van der Waals surface area contributed by atoms with Gasteiger partial charge in [-0.2, -0.15) is 13.2 Å². The summed E-state index contributed by atoms with van der Waals surface area (Å²) in [6.07, 6.45) is 0.549. The number of furan rings is 1. The summed E-state index contributed by atoms with van der Waals surface area (Å²) in [5.41, 5.74) is -3.01. The van der Waals surface area contributed by atoms with Crippen LogP contribution in [-0.2, 0) is 0 Å². The fourth-order valence-corrected chi connectivity index (χ4v) is 2.20. The van der Waals surface area contributed by atoms with Crippen LogP contribution in [0, 0.1) is 6.92 Å². The molecule has 0 fully saturated rings. The molecule has 0 saturated heterocycles. The summed E-state index contributed by atoms with van der Waals surface area (Å²) in [6.45, 7) is 1.76. The Morgan fingerprint density at radius 3 is 2.53 bits per heavy atom. The fraction of sp³-hybridized carbons (Fsp3) is 0.154. The van der Waals surface area contributed by atoms with Gasteiger partial charge in [-0.05, 0) is 48.5 Å². The van der Waals surface area contributed by atoms with Crippen molar-refractivity contribution < 1.29 is 22.4 Å². The maximum absolute atomic E-state index is 12.3. The minimum absolute atomic E-state index is 0.0807. The highest BCUT2D eigenvalue weighted by molar-refractivity contribution is 8.00. The number of rotatable bonds is 3. The zero-order chi connectivity index (χ0) is 14.0. The van der Waals surface area contributed by atoms with E-state index in [0.717, 1.165) is 5.56 Å². The normalized spacial score (nSPS) is 11.6. The third-order valence-corrected chi connectivity index (χ3v) is 3.17. The molecule has 0 N–H and O–H groups in total. The van der Waals surface area contributed by atoms with Gasteiger partial charge in [0.1, 0.15) is 5.76 Å². The molecule has 1 aromatic carbocycles. The van der Waals surface area contributed by atoms with E-state index in [2.05, 4.69) is 0 Å². The van der Waals surface area contributed by atoms with Gasteiger partial charge < -0.3 is 4.42 Å². The molecule has 0 aliphatic carbocycles. The topological polar surface area (TPSA) is 30.2 Å². The number of alkyl halides is 3. The quantitative estimate of drug-likeness (QED) is 0.606. The third-order valence-electron chi connectivity index (χ3n) is 2.45. The van der Waals surface area contributed by atoms with Crippen molar-refractivity contribution in [2.75, 3.05) is 0 Å². The van der Waals surface area contributed by atoms with E-state index in [-0.39, 0.29) is 22.4 Å². The summed E-state index contributed by atoms with van der Waals surface area (Å²) < 4.78 is 42.2. The first-order valence-electron chi connectivity index (χ1n) is 5.31. The molecule has 100 valence electrons. The maximum Gasteiger partial charge on any atom is 0.446 e. The molecular weight excluding hydrogens is 277 g/mol. The van der Waals surface area contributed by atoms with Crippen molar-refractivity contribution in [3.8, 4) is 11.3 Å². The van der Waals surface area contributed by atoms with Crippen molar-refractivity contribution in [3.63, 3.8) is 0 Å². The van der Waals surface area contributed by atoms with Crippen LogP contribution in [0.5, 0.6) is 0 Å². The minimum atomic E-state index is -4.33. The van der Waals surface area contributed by atoms with Gasteiger partial charge in [0.05, 0.1) is 0 Å². The van der Waals surface area contributed by atoms with Crippen LogP contribution in [0.4, 0.5) is 13.2 Å². The Hall–Kier alpha value is -1.69. The van der Waals surface area contributed by atoms with Gasteiger partial charge in [-0.25, -0.2) is 0 Å². The summed E-state index contributed by atoms with van der Waals surface area (Å²) in [5, 5.41) is 0. The van der Waals surface area contributed by atoms with Crippen molar-refractivity contribution in [1.82, 2.24) is 0 Å². The number of aryl methyl sites for hydroxylation is 1.